The number of benzene rings is 4. The number of hydrogen-bond acceptors (Lipinski definition) is 4. The highest BCUT2D eigenvalue weighted by molar-refractivity contribution is 5.88. The molecule has 0 aliphatic rings. The van der Waals surface area contributed by atoms with Crippen LogP contribution in [0.25, 0.3) is 11.1 Å². The largest absolute Gasteiger partial charge is 0.493 e. The molecule has 5 nitrogen and oxygen atoms in total. The highest BCUT2D eigenvalue weighted by Crippen LogP contribution is 2.31. The topological polar surface area (TPSA) is 68.1 Å². The number of aromatic carboxylic acids is 1. The van der Waals surface area contributed by atoms with Gasteiger partial charge >= 0.3 is 5.97 Å². The van der Waals surface area contributed by atoms with Crippen molar-refractivity contribution in [3.05, 3.63) is 114 Å². The second kappa shape index (κ2) is 10.3. The molecule has 0 bridgehead atoms. The quantitative estimate of drug-likeness (QED) is 0.324. The van der Waals surface area contributed by atoms with Gasteiger partial charge in [-0.15, -0.1) is 0 Å². The third kappa shape index (κ3) is 5.46. The van der Waals surface area contributed by atoms with Crippen LogP contribution in [-0.2, 0) is 6.61 Å². The van der Waals surface area contributed by atoms with Gasteiger partial charge in [0.05, 0.1) is 18.4 Å². The standard InChI is InChI=1S/C28H23NO4/c1-32-26-9-5-8-24(27(26)33-19-20-10-12-23(13-11-20)28(30)31)18-29-25-16-14-22(15-17-25)21-6-3-2-4-7-21/h2-18H,19H2,1H3,(H,30,31). The summed E-state index contributed by atoms with van der Waals surface area (Å²) in [5, 5.41) is 9.05. The Bertz CT molecular complexity index is 1250. The normalized spacial score (nSPS) is 10.8. The lowest BCUT2D eigenvalue weighted by Crippen LogP contribution is -2.02. The molecule has 0 saturated heterocycles. The maximum atomic E-state index is 11.0. The monoisotopic (exact) mass is 437 g/mol. The fraction of sp³-hybridized carbons (Fsp3) is 0.0714. The number of aliphatic imine (C=N–C) groups is 1. The van der Waals surface area contributed by atoms with Crippen LogP contribution in [0.5, 0.6) is 11.5 Å². The molecule has 164 valence electrons. The molecule has 0 fully saturated rings. The predicted molar refractivity (Wildman–Crippen MR) is 130 cm³/mol. The van der Waals surface area contributed by atoms with Crippen LogP contribution in [0.1, 0.15) is 21.5 Å². The molecule has 0 aliphatic heterocycles. The van der Waals surface area contributed by atoms with Crippen LogP contribution in [0.15, 0.2) is 102 Å². The Labute approximate surface area is 192 Å². The molecular formula is C28H23NO4. The molecule has 0 radical (unpaired) electrons. The first-order valence-corrected chi connectivity index (χ1v) is 10.5. The summed E-state index contributed by atoms with van der Waals surface area (Å²) in [4.78, 5) is 15.6. The van der Waals surface area contributed by atoms with E-state index in [2.05, 4.69) is 17.1 Å². The highest BCUT2D eigenvalue weighted by Gasteiger charge is 2.10. The van der Waals surface area contributed by atoms with Crippen LogP contribution < -0.4 is 9.47 Å². The van der Waals surface area contributed by atoms with Crippen molar-refractivity contribution in [2.24, 2.45) is 4.99 Å². The molecule has 0 aliphatic carbocycles. The van der Waals surface area contributed by atoms with Gasteiger partial charge in [0, 0.05) is 11.8 Å². The van der Waals surface area contributed by atoms with Gasteiger partial charge in [0.25, 0.3) is 0 Å². The molecule has 4 aromatic carbocycles. The Morgan fingerprint density at radius 2 is 1.55 bits per heavy atom. The molecule has 0 aromatic heterocycles. The highest BCUT2D eigenvalue weighted by atomic mass is 16.5. The summed E-state index contributed by atoms with van der Waals surface area (Å²) in [6, 6.07) is 30.5. The molecule has 0 amide bonds. The van der Waals surface area contributed by atoms with E-state index < -0.39 is 5.97 Å². The second-order valence-corrected chi connectivity index (χ2v) is 7.34. The zero-order chi connectivity index (χ0) is 23.0. The second-order valence-electron chi connectivity index (χ2n) is 7.34. The SMILES string of the molecule is COc1cccc(C=Nc2ccc(-c3ccccc3)cc2)c1OCc1ccc(C(=O)O)cc1. The van der Waals surface area contributed by atoms with E-state index >= 15 is 0 Å². The Balaban J connectivity index is 1.52. The molecule has 0 spiro atoms. The minimum Gasteiger partial charge on any atom is -0.493 e. The third-order valence-electron chi connectivity index (χ3n) is 5.14. The number of nitrogens with zero attached hydrogens (tertiary/aromatic N) is 1. The lowest BCUT2D eigenvalue weighted by molar-refractivity contribution is 0.0697. The lowest BCUT2D eigenvalue weighted by Gasteiger charge is -2.13. The summed E-state index contributed by atoms with van der Waals surface area (Å²) < 4.78 is 11.5. The first kappa shape index (κ1) is 21.8. The van der Waals surface area contributed by atoms with Gasteiger partial charge in [-0.05, 0) is 53.1 Å². The molecule has 4 aromatic rings. The summed E-state index contributed by atoms with van der Waals surface area (Å²) >= 11 is 0. The van der Waals surface area contributed by atoms with Gasteiger partial charge in [-0.25, -0.2) is 4.79 Å². The molecule has 5 heteroatoms. The van der Waals surface area contributed by atoms with Crippen molar-refractivity contribution >= 4 is 17.9 Å². The third-order valence-corrected chi connectivity index (χ3v) is 5.14. The summed E-state index contributed by atoms with van der Waals surface area (Å²) in [7, 11) is 1.59. The van der Waals surface area contributed by atoms with Crippen molar-refractivity contribution in [3.63, 3.8) is 0 Å². The van der Waals surface area contributed by atoms with Crippen LogP contribution in [0.3, 0.4) is 0 Å². The van der Waals surface area contributed by atoms with E-state index in [1.165, 1.54) is 0 Å². The lowest BCUT2D eigenvalue weighted by atomic mass is 10.1. The van der Waals surface area contributed by atoms with E-state index in [9.17, 15) is 4.79 Å². The summed E-state index contributed by atoms with van der Waals surface area (Å²) in [6.07, 6.45) is 1.75. The number of hydrogen-bond donors (Lipinski definition) is 1. The Kier molecular flexibility index (Phi) is 6.81. The van der Waals surface area contributed by atoms with Gasteiger partial charge in [-0.2, -0.15) is 0 Å². The maximum Gasteiger partial charge on any atom is 0.335 e. The Hall–Kier alpha value is -4.38. The smallest absolute Gasteiger partial charge is 0.335 e. The summed E-state index contributed by atoms with van der Waals surface area (Å²) in [5.74, 6) is 0.218. The van der Waals surface area contributed by atoms with Gasteiger partial charge < -0.3 is 14.6 Å². The maximum absolute atomic E-state index is 11.0. The van der Waals surface area contributed by atoms with Crippen molar-refractivity contribution in [1.29, 1.82) is 0 Å². The van der Waals surface area contributed by atoms with Crippen molar-refractivity contribution in [2.45, 2.75) is 6.61 Å². The van der Waals surface area contributed by atoms with Crippen LogP contribution in [-0.4, -0.2) is 24.4 Å². The summed E-state index contributed by atoms with van der Waals surface area (Å²) in [5.41, 5.74) is 4.99. The number of carboxylic acids is 1. The molecule has 0 atom stereocenters. The van der Waals surface area contributed by atoms with Crippen LogP contribution >= 0.6 is 0 Å². The number of carboxylic acid groups (broad SMARTS) is 1. The average Bonchev–Trinajstić information content (AvgIpc) is 2.87. The van der Waals surface area contributed by atoms with Gasteiger partial charge in [0.1, 0.15) is 6.61 Å². The molecule has 1 N–H and O–H groups in total. The number of rotatable bonds is 8. The van der Waals surface area contributed by atoms with E-state index in [4.69, 9.17) is 14.6 Å². The zero-order valence-corrected chi connectivity index (χ0v) is 18.1. The van der Waals surface area contributed by atoms with Crippen molar-refractivity contribution in [1.82, 2.24) is 0 Å². The van der Waals surface area contributed by atoms with E-state index in [0.717, 1.165) is 27.9 Å². The average molecular weight is 437 g/mol. The molecule has 4 rings (SSSR count). The van der Waals surface area contributed by atoms with Crippen LogP contribution in [0, 0.1) is 0 Å². The zero-order valence-electron chi connectivity index (χ0n) is 18.1. The molecule has 0 heterocycles. The van der Waals surface area contributed by atoms with E-state index in [1.807, 2.05) is 60.7 Å². The van der Waals surface area contributed by atoms with Crippen molar-refractivity contribution in [2.75, 3.05) is 7.11 Å². The van der Waals surface area contributed by atoms with Crippen molar-refractivity contribution in [3.8, 4) is 22.6 Å². The molecule has 0 unspecified atom stereocenters. The van der Waals surface area contributed by atoms with Crippen LogP contribution in [0.4, 0.5) is 5.69 Å². The fourth-order valence-electron chi connectivity index (χ4n) is 3.36. The molecule has 0 saturated carbocycles. The van der Waals surface area contributed by atoms with E-state index in [0.29, 0.717) is 11.5 Å². The van der Waals surface area contributed by atoms with Gasteiger partial charge in [0.15, 0.2) is 11.5 Å². The number of carbonyl (C=O) groups is 1. The van der Waals surface area contributed by atoms with E-state index in [-0.39, 0.29) is 12.2 Å². The first-order valence-electron chi connectivity index (χ1n) is 10.5. The van der Waals surface area contributed by atoms with Gasteiger partial charge in [0.2, 0.25) is 0 Å². The number of methoxy groups -OCH3 is 1. The van der Waals surface area contributed by atoms with E-state index in [1.54, 1.807) is 37.6 Å². The number of ether oxygens (including phenoxy) is 2. The Morgan fingerprint density at radius 1 is 0.848 bits per heavy atom. The van der Waals surface area contributed by atoms with Crippen LogP contribution in [0.2, 0.25) is 0 Å². The fourth-order valence-corrected chi connectivity index (χ4v) is 3.36. The minimum absolute atomic E-state index is 0.238. The van der Waals surface area contributed by atoms with Crippen molar-refractivity contribution < 1.29 is 19.4 Å². The molecule has 33 heavy (non-hydrogen) atoms. The molecular weight excluding hydrogens is 414 g/mol. The summed E-state index contributed by atoms with van der Waals surface area (Å²) in [6.45, 7) is 0.271. The number of para-hydroxylation sites is 1. The predicted octanol–water partition coefficient (Wildman–Crippen LogP) is 6.39. The minimum atomic E-state index is -0.956. The van der Waals surface area contributed by atoms with Gasteiger partial charge in [-0.3, -0.25) is 4.99 Å². The van der Waals surface area contributed by atoms with Gasteiger partial charge in [-0.1, -0.05) is 60.7 Å². The first-order chi connectivity index (χ1) is 16.1. The Morgan fingerprint density at radius 3 is 2.21 bits per heavy atom.